The molecule has 2 heterocycles. The molecule has 0 saturated heterocycles. The van der Waals surface area contributed by atoms with Gasteiger partial charge in [0.05, 0.1) is 13.1 Å². The summed E-state index contributed by atoms with van der Waals surface area (Å²) in [4.78, 5) is 10.6. The van der Waals surface area contributed by atoms with Gasteiger partial charge in [0.1, 0.15) is 6.61 Å². The average molecular weight is 295 g/mol. The highest BCUT2D eigenvalue weighted by Crippen LogP contribution is 2.08. The van der Waals surface area contributed by atoms with Crippen molar-refractivity contribution >= 4 is 0 Å². The summed E-state index contributed by atoms with van der Waals surface area (Å²) in [7, 11) is 3.52. The highest BCUT2D eigenvalue weighted by molar-refractivity contribution is 4.89. The molecule has 8 nitrogen and oxygen atoms in total. The lowest BCUT2D eigenvalue weighted by Gasteiger charge is -2.10. The first-order chi connectivity index (χ1) is 10.1. The quantitative estimate of drug-likeness (QED) is 0.722. The summed E-state index contributed by atoms with van der Waals surface area (Å²) in [5, 5.41) is 7.79. The number of rotatable bonds is 8. The van der Waals surface area contributed by atoms with Gasteiger partial charge < -0.3 is 13.8 Å². The summed E-state index contributed by atoms with van der Waals surface area (Å²) in [6.07, 6.45) is 0.792. The Morgan fingerprint density at radius 3 is 2.43 bits per heavy atom. The molecular formula is C13H21N5O3. The molecule has 0 radical (unpaired) electrons. The normalized spacial score (nSPS) is 11.7. The van der Waals surface area contributed by atoms with Crippen LogP contribution in [-0.2, 0) is 30.9 Å². The fourth-order valence-corrected chi connectivity index (χ4v) is 1.86. The first-order valence-electron chi connectivity index (χ1n) is 6.87. The van der Waals surface area contributed by atoms with Crippen molar-refractivity contribution in [2.24, 2.45) is 5.92 Å². The van der Waals surface area contributed by atoms with Gasteiger partial charge in [-0.25, -0.2) is 0 Å². The van der Waals surface area contributed by atoms with Crippen molar-refractivity contribution in [3.63, 3.8) is 0 Å². The smallest absolute Gasteiger partial charge is 0.240 e. The number of nitrogens with zero attached hydrogens (tertiary/aromatic N) is 5. The van der Waals surface area contributed by atoms with E-state index in [9.17, 15) is 0 Å². The fraction of sp³-hybridized carbons (Fsp3) is 0.692. The van der Waals surface area contributed by atoms with E-state index >= 15 is 0 Å². The van der Waals surface area contributed by atoms with Gasteiger partial charge in [0.15, 0.2) is 11.6 Å². The predicted molar refractivity (Wildman–Crippen MR) is 73.0 cm³/mol. The first kappa shape index (κ1) is 15.6. The van der Waals surface area contributed by atoms with E-state index in [0.717, 1.165) is 6.42 Å². The van der Waals surface area contributed by atoms with Crippen LogP contribution < -0.4 is 0 Å². The van der Waals surface area contributed by atoms with E-state index in [0.29, 0.717) is 49.0 Å². The number of methoxy groups -OCH3 is 1. The molecule has 8 heteroatoms. The lowest BCUT2D eigenvalue weighted by molar-refractivity contribution is 0.174. The van der Waals surface area contributed by atoms with E-state index in [1.165, 1.54) is 0 Å². The minimum Gasteiger partial charge on any atom is -0.377 e. The maximum Gasteiger partial charge on any atom is 0.240 e. The fourth-order valence-electron chi connectivity index (χ4n) is 1.86. The molecule has 116 valence electrons. The Morgan fingerprint density at radius 2 is 1.71 bits per heavy atom. The molecule has 2 aromatic heterocycles. The second-order valence-electron chi connectivity index (χ2n) is 5.41. The van der Waals surface area contributed by atoms with E-state index in [-0.39, 0.29) is 0 Å². The summed E-state index contributed by atoms with van der Waals surface area (Å²) >= 11 is 0. The van der Waals surface area contributed by atoms with Crippen molar-refractivity contribution in [3.05, 3.63) is 23.4 Å². The van der Waals surface area contributed by atoms with Crippen LogP contribution in [0.5, 0.6) is 0 Å². The third kappa shape index (κ3) is 4.91. The molecule has 0 saturated carbocycles. The standard InChI is InChI=1S/C13H21N5O3/c1-9(2)5-12-14-10(16-20-12)6-18(3)7-13-15-11(8-19-4)17-21-13/h9H,5-8H2,1-4H3. The minimum absolute atomic E-state index is 0.344. The third-order valence-electron chi connectivity index (χ3n) is 2.69. The summed E-state index contributed by atoms with van der Waals surface area (Å²) in [6, 6.07) is 0. The molecule has 0 aromatic carbocycles. The molecule has 0 bridgehead atoms. The zero-order valence-electron chi connectivity index (χ0n) is 12.9. The zero-order valence-corrected chi connectivity index (χ0v) is 12.9. The predicted octanol–water partition coefficient (Wildman–Crippen LogP) is 1.43. The Kier molecular flexibility index (Phi) is 5.40. The topological polar surface area (TPSA) is 90.3 Å². The Balaban J connectivity index is 1.85. The van der Waals surface area contributed by atoms with Gasteiger partial charge in [0.25, 0.3) is 0 Å². The number of hydrogen-bond acceptors (Lipinski definition) is 8. The van der Waals surface area contributed by atoms with E-state index in [1.807, 2.05) is 11.9 Å². The van der Waals surface area contributed by atoms with Crippen LogP contribution in [0.4, 0.5) is 0 Å². The first-order valence-corrected chi connectivity index (χ1v) is 6.87. The maximum absolute atomic E-state index is 5.21. The van der Waals surface area contributed by atoms with Crippen molar-refractivity contribution in [2.45, 2.75) is 40.0 Å². The molecule has 0 atom stereocenters. The number of ether oxygens (including phenoxy) is 1. The minimum atomic E-state index is 0.344. The molecule has 0 aliphatic carbocycles. The van der Waals surface area contributed by atoms with Gasteiger partial charge in [-0.3, -0.25) is 4.90 Å². The average Bonchev–Trinajstić information content (AvgIpc) is 2.99. The highest BCUT2D eigenvalue weighted by Gasteiger charge is 2.13. The van der Waals surface area contributed by atoms with Crippen molar-refractivity contribution in [2.75, 3.05) is 14.2 Å². The van der Waals surface area contributed by atoms with Crippen molar-refractivity contribution < 1.29 is 13.8 Å². The van der Waals surface area contributed by atoms with Gasteiger partial charge in [0, 0.05) is 13.5 Å². The largest absolute Gasteiger partial charge is 0.377 e. The van der Waals surface area contributed by atoms with Crippen LogP contribution in [0.3, 0.4) is 0 Å². The highest BCUT2D eigenvalue weighted by atomic mass is 16.5. The van der Waals surface area contributed by atoms with Gasteiger partial charge in [-0.15, -0.1) is 0 Å². The summed E-state index contributed by atoms with van der Waals surface area (Å²) in [6.45, 7) is 5.65. The Bertz CT molecular complexity index is 552. The molecule has 0 fully saturated rings. The summed E-state index contributed by atoms with van der Waals surface area (Å²) < 4.78 is 15.3. The van der Waals surface area contributed by atoms with Crippen molar-refractivity contribution in [3.8, 4) is 0 Å². The molecule has 0 amide bonds. The van der Waals surface area contributed by atoms with Gasteiger partial charge in [-0.1, -0.05) is 24.2 Å². The lowest BCUT2D eigenvalue weighted by atomic mass is 10.1. The molecular weight excluding hydrogens is 274 g/mol. The van der Waals surface area contributed by atoms with E-state index in [2.05, 4.69) is 34.1 Å². The Labute approximate surface area is 123 Å². The molecule has 0 aliphatic heterocycles. The Hall–Kier alpha value is -1.80. The number of hydrogen-bond donors (Lipinski definition) is 0. The Morgan fingerprint density at radius 1 is 1.05 bits per heavy atom. The van der Waals surface area contributed by atoms with E-state index in [4.69, 9.17) is 13.8 Å². The lowest BCUT2D eigenvalue weighted by Crippen LogP contribution is -2.18. The van der Waals surface area contributed by atoms with E-state index < -0.39 is 0 Å². The molecule has 21 heavy (non-hydrogen) atoms. The maximum atomic E-state index is 5.21. The second-order valence-corrected chi connectivity index (χ2v) is 5.41. The van der Waals surface area contributed by atoms with Crippen molar-refractivity contribution in [1.29, 1.82) is 0 Å². The molecule has 0 aliphatic rings. The van der Waals surface area contributed by atoms with Crippen LogP contribution in [-0.4, -0.2) is 39.3 Å². The van der Waals surface area contributed by atoms with Gasteiger partial charge >= 0.3 is 0 Å². The van der Waals surface area contributed by atoms with Crippen LogP contribution in [0.2, 0.25) is 0 Å². The molecule has 2 aromatic rings. The SMILES string of the molecule is COCc1noc(CN(C)Cc2noc(CC(C)C)n2)n1. The van der Waals surface area contributed by atoms with Crippen LogP contribution in [0, 0.1) is 5.92 Å². The third-order valence-corrected chi connectivity index (χ3v) is 2.69. The molecule has 0 unspecified atom stereocenters. The zero-order chi connectivity index (χ0) is 15.2. The number of aromatic nitrogens is 4. The van der Waals surface area contributed by atoms with Crippen LogP contribution in [0.1, 0.15) is 37.3 Å². The van der Waals surface area contributed by atoms with Gasteiger partial charge in [-0.2, -0.15) is 9.97 Å². The summed E-state index contributed by atoms with van der Waals surface area (Å²) in [5.74, 6) is 2.90. The second kappa shape index (κ2) is 7.28. The molecule has 0 spiro atoms. The molecule has 2 rings (SSSR count). The summed E-state index contributed by atoms with van der Waals surface area (Å²) in [5.41, 5.74) is 0. The van der Waals surface area contributed by atoms with E-state index in [1.54, 1.807) is 7.11 Å². The van der Waals surface area contributed by atoms with Gasteiger partial charge in [0.2, 0.25) is 11.8 Å². The molecule has 0 N–H and O–H groups in total. The van der Waals surface area contributed by atoms with Crippen LogP contribution >= 0.6 is 0 Å². The monoisotopic (exact) mass is 295 g/mol. The van der Waals surface area contributed by atoms with Crippen LogP contribution in [0.15, 0.2) is 9.05 Å². The van der Waals surface area contributed by atoms with Gasteiger partial charge in [-0.05, 0) is 13.0 Å². The van der Waals surface area contributed by atoms with Crippen LogP contribution in [0.25, 0.3) is 0 Å². The van der Waals surface area contributed by atoms with Crippen molar-refractivity contribution in [1.82, 2.24) is 25.2 Å².